The van der Waals surface area contributed by atoms with Gasteiger partial charge in [-0.1, -0.05) is 106 Å². The van der Waals surface area contributed by atoms with E-state index >= 15 is 0 Å². The predicted molar refractivity (Wildman–Crippen MR) is 184 cm³/mol. The van der Waals surface area contributed by atoms with Crippen molar-refractivity contribution in [2.24, 2.45) is 0 Å². The highest BCUT2D eigenvalue weighted by atomic mass is 16.5. The predicted octanol–water partition coefficient (Wildman–Crippen LogP) is 8.85. The fourth-order valence-electron chi connectivity index (χ4n) is 4.95. The number of ether oxygens (including phenoxy) is 3. The van der Waals surface area contributed by atoms with E-state index in [9.17, 15) is 9.59 Å². The van der Waals surface area contributed by atoms with Gasteiger partial charge >= 0.3 is 5.97 Å². The maximum absolute atomic E-state index is 13.2. The van der Waals surface area contributed by atoms with E-state index in [1.54, 1.807) is 24.3 Å². The summed E-state index contributed by atoms with van der Waals surface area (Å²) in [5, 5.41) is 7.05. The van der Waals surface area contributed by atoms with Crippen molar-refractivity contribution in [2.45, 2.75) is 53.8 Å². The number of nitrogens with zero attached hydrogens (tertiary/aromatic N) is 1. The lowest BCUT2D eigenvalue weighted by atomic mass is 9.93. The maximum Gasteiger partial charge on any atom is 0.337 e. The van der Waals surface area contributed by atoms with Crippen LogP contribution in [-0.2, 0) is 18.0 Å². The topological polar surface area (TPSA) is 99.9 Å². The zero-order chi connectivity index (χ0) is 33.8. The van der Waals surface area contributed by atoms with E-state index in [0.29, 0.717) is 59.3 Å². The first kappa shape index (κ1) is 34.5. The number of carbonyl (C=O) groups excluding carboxylic acids is 2. The van der Waals surface area contributed by atoms with E-state index < -0.39 is 5.97 Å². The van der Waals surface area contributed by atoms with Gasteiger partial charge in [-0.05, 0) is 53.3 Å². The lowest BCUT2D eigenvalue weighted by Crippen LogP contribution is -2.23. The molecule has 1 aromatic heterocycles. The van der Waals surface area contributed by atoms with E-state index in [-0.39, 0.29) is 17.5 Å². The van der Waals surface area contributed by atoms with Crippen molar-refractivity contribution in [2.75, 3.05) is 13.7 Å². The molecule has 0 aliphatic carbocycles. The van der Waals surface area contributed by atoms with Gasteiger partial charge in [-0.2, -0.15) is 0 Å². The number of carbonyl (C=O) groups is 2. The van der Waals surface area contributed by atoms with Gasteiger partial charge < -0.3 is 24.1 Å². The molecule has 5 aromatic rings. The molecule has 0 unspecified atom stereocenters. The van der Waals surface area contributed by atoms with Gasteiger partial charge in [0.15, 0.2) is 11.5 Å². The molecule has 0 fully saturated rings. The molecule has 47 heavy (non-hydrogen) atoms. The minimum absolute atomic E-state index is 0.0891. The molecule has 8 nitrogen and oxygen atoms in total. The summed E-state index contributed by atoms with van der Waals surface area (Å²) in [7, 11) is 1.33. The van der Waals surface area contributed by atoms with Gasteiger partial charge in [-0.25, -0.2) is 4.79 Å². The van der Waals surface area contributed by atoms with Crippen molar-refractivity contribution in [3.63, 3.8) is 0 Å². The molecular weight excluding hydrogens is 592 g/mol. The number of amides is 1. The zero-order valence-corrected chi connectivity index (χ0v) is 27.8. The largest absolute Gasteiger partial charge is 0.488 e. The molecule has 244 valence electrons. The van der Waals surface area contributed by atoms with Gasteiger partial charge in [-0.15, -0.1) is 0 Å². The molecule has 0 spiro atoms. The summed E-state index contributed by atoms with van der Waals surface area (Å²) in [4.78, 5) is 25.3. The first-order valence-electron chi connectivity index (χ1n) is 15.9. The summed E-state index contributed by atoms with van der Waals surface area (Å²) in [5.41, 5.74) is 5.23. The van der Waals surface area contributed by atoms with Crippen LogP contribution >= 0.6 is 0 Å². The van der Waals surface area contributed by atoms with Crippen LogP contribution in [0.1, 0.15) is 78.1 Å². The van der Waals surface area contributed by atoms with Crippen molar-refractivity contribution in [1.29, 1.82) is 0 Å². The Morgan fingerprint density at radius 3 is 1.91 bits per heavy atom. The Morgan fingerprint density at radius 2 is 1.38 bits per heavy atom. The lowest BCUT2D eigenvalue weighted by molar-refractivity contribution is 0.0600. The van der Waals surface area contributed by atoms with E-state index in [1.165, 1.54) is 7.11 Å². The van der Waals surface area contributed by atoms with Crippen LogP contribution in [-0.4, -0.2) is 30.7 Å². The minimum Gasteiger partial charge on any atom is -0.488 e. The second kappa shape index (κ2) is 16.8. The second-order valence-electron chi connectivity index (χ2n) is 10.8. The number of rotatable bonds is 12. The molecule has 1 heterocycles. The Bertz CT molecular complexity index is 1750. The minimum atomic E-state index is -0.458. The zero-order valence-electron chi connectivity index (χ0n) is 27.8. The van der Waals surface area contributed by atoms with Gasteiger partial charge in [0.05, 0.1) is 23.8 Å². The standard InChI is InChI=1S/C37H36N2O6.C2H6/c1-5-38-36(40)34-33(27-16-18-28(19-17-27)37(41)42-4)35(45-39-34)30-20-29(24(2)3)31(43-22-25-12-8-6-9-13-25)21-32(30)44-23-26-14-10-7-11-15-26;1-2/h6-21,24H,5,22-23H2,1-4H3,(H,38,40);1-2H3. The Kier molecular flexibility index (Phi) is 12.3. The normalized spacial score (nSPS) is 10.5. The van der Waals surface area contributed by atoms with Crippen molar-refractivity contribution >= 4 is 11.9 Å². The maximum atomic E-state index is 13.2. The van der Waals surface area contributed by atoms with Crippen LogP contribution in [0.25, 0.3) is 22.5 Å². The SMILES string of the molecule is CC.CCNC(=O)c1noc(-c2cc(C(C)C)c(OCc3ccccc3)cc2OCc2ccccc2)c1-c1ccc(C(=O)OC)cc1. The Balaban J connectivity index is 0.00000245. The van der Waals surface area contributed by atoms with E-state index in [1.807, 2.05) is 93.6 Å². The fraction of sp³-hybridized carbons (Fsp3) is 0.256. The number of benzene rings is 4. The number of hydrogen-bond acceptors (Lipinski definition) is 7. The van der Waals surface area contributed by atoms with Crippen LogP contribution in [0, 0.1) is 0 Å². The van der Waals surface area contributed by atoms with Gasteiger partial charge in [0.25, 0.3) is 5.91 Å². The van der Waals surface area contributed by atoms with Crippen LogP contribution in [0.4, 0.5) is 0 Å². The third-order valence-corrected chi connectivity index (χ3v) is 7.29. The highest BCUT2D eigenvalue weighted by molar-refractivity contribution is 6.03. The van der Waals surface area contributed by atoms with Crippen LogP contribution in [0.3, 0.4) is 0 Å². The number of nitrogens with one attached hydrogen (secondary N) is 1. The quantitative estimate of drug-likeness (QED) is 0.137. The molecule has 0 aliphatic heterocycles. The first-order valence-corrected chi connectivity index (χ1v) is 15.9. The monoisotopic (exact) mass is 634 g/mol. The molecule has 0 bridgehead atoms. The third kappa shape index (κ3) is 8.47. The van der Waals surface area contributed by atoms with E-state index in [0.717, 1.165) is 16.7 Å². The lowest BCUT2D eigenvalue weighted by Gasteiger charge is -2.19. The van der Waals surface area contributed by atoms with E-state index in [4.69, 9.17) is 18.7 Å². The van der Waals surface area contributed by atoms with Gasteiger partial charge in [0.1, 0.15) is 24.7 Å². The molecule has 0 atom stereocenters. The average Bonchev–Trinajstić information content (AvgIpc) is 3.56. The Labute approximate surface area is 276 Å². The number of methoxy groups -OCH3 is 1. The number of aromatic nitrogens is 1. The van der Waals surface area contributed by atoms with Crippen molar-refractivity contribution in [3.05, 3.63) is 125 Å². The van der Waals surface area contributed by atoms with Gasteiger partial charge in [0, 0.05) is 12.6 Å². The summed E-state index contributed by atoms with van der Waals surface area (Å²) in [6.45, 7) is 11.1. The van der Waals surface area contributed by atoms with Crippen LogP contribution < -0.4 is 14.8 Å². The molecule has 0 saturated heterocycles. The molecular formula is C39H42N2O6. The van der Waals surface area contributed by atoms with Crippen molar-refractivity contribution < 1.29 is 28.3 Å². The van der Waals surface area contributed by atoms with E-state index in [2.05, 4.69) is 24.3 Å². The molecule has 0 saturated carbocycles. The summed E-state index contributed by atoms with van der Waals surface area (Å²) in [6, 6.07) is 30.5. The Hall–Kier alpha value is -5.37. The molecule has 4 aromatic carbocycles. The third-order valence-electron chi connectivity index (χ3n) is 7.29. The fourth-order valence-corrected chi connectivity index (χ4v) is 4.95. The number of hydrogen-bond donors (Lipinski definition) is 1. The highest BCUT2D eigenvalue weighted by Crippen LogP contribution is 2.44. The van der Waals surface area contributed by atoms with Gasteiger partial charge in [0.2, 0.25) is 0 Å². The first-order chi connectivity index (χ1) is 22.9. The molecule has 1 amide bonds. The molecule has 5 rings (SSSR count). The summed E-state index contributed by atoms with van der Waals surface area (Å²) in [6.07, 6.45) is 0. The molecule has 0 radical (unpaired) electrons. The highest BCUT2D eigenvalue weighted by Gasteiger charge is 2.28. The summed E-state index contributed by atoms with van der Waals surface area (Å²) >= 11 is 0. The van der Waals surface area contributed by atoms with Gasteiger partial charge in [-0.3, -0.25) is 4.79 Å². The van der Waals surface area contributed by atoms with Crippen LogP contribution in [0.5, 0.6) is 11.5 Å². The Morgan fingerprint density at radius 1 is 0.809 bits per heavy atom. The van der Waals surface area contributed by atoms with Crippen molar-refractivity contribution in [3.8, 4) is 33.9 Å². The average molecular weight is 635 g/mol. The summed E-state index contributed by atoms with van der Waals surface area (Å²) < 4.78 is 23.7. The van der Waals surface area contributed by atoms with Crippen LogP contribution in [0.15, 0.2) is 102 Å². The second-order valence-corrected chi connectivity index (χ2v) is 10.8. The van der Waals surface area contributed by atoms with Crippen molar-refractivity contribution in [1.82, 2.24) is 10.5 Å². The van der Waals surface area contributed by atoms with Crippen LogP contribution in [0.2, 0.25) is 0 Å². The number of esters is 1. The molecule has 8 heteroatoms. The molecule has 0 aliphatic rings. The molecule has 1 N–H and O–H groups in total. The summed E-state index contributed by atoms with van der Waals surface area (Å²) in [5.74, 6) is 0.817. The smallest absolute Gasteiger partial charge is 0.337 e.